The summed E-state index contributed by atoms with van der Waals surface area (Å²) in [6.07, 6.45) is 1.07. The molecule has 0 bridgehead atoms. The monoisotopic (exact) mass is 437 g/mol. The Hall–Kier alpha value is -3.35. The number of ketones is 1. The molecule has 4 rings (SSSR count). The Labute approximate surface area is 187 Å². The number of Topliss-reactive ketones (excluding diaryl/α,β-unsaturated/α-hetero) is 1. The van der Waals surface area contributed by atoms with Gasteiger partial charge in [0.2, 0.25) is 5.91 Å². The molecule has 2 aromatic carbocycles. The van der Waals surface area contributed by atoms with Crippen LogP contribution in [0.2, 0.25) is 0 Å². The number of ether oxygens (including phenoxy) is 4. The Balaban J connectivity index is 1.68. The van der Waals surface area contributed by atoms with Crippen molar-refractivity contribution in [2.24, 2.45) is 10.9 Å². The second-order valence-corrected chi connectivity index (χ2v) is 8.08. The summed E-state index contributed by atoms with van der Waals surface area (Å²) in [4.78, 5) is 30.3. The number of aliphatic imine (C=N–C) groups is 1. The Kier molecular flexibility index (Phi) is 6.17. The zero-order valence-electron chi connectivity index (χ0n) is 18.7. The second kappa shape index (κ2) is 9.02. The molecule has 1 aliphatic carbocycles. The van der Waals surface area contributed by atoms with Gasteiger partial charge < -0.3 is 18.9 Å². The van der Waals surface area contributed by atoms with Gasteiger partial charge >= 0.3 is 0 Å². The van der Waals surface area contributed by atoms with Gasteiger partial charge in [-0.25, -0.2) is 4.99 Å². The van der Waals surface area contributed by atoms with E-state index in [1.54, 1.807) is 34.5 Å². The SMILES string of the molecule is COc1ccc(OC)c(C2CC(=O)C3C(=NC(=O)CC3c3ccc(OC)c(OC)c3)C2)c1. The molecule has 3 unspecified atom stereocenters. The highest BCUT2D eigenvalue weighted by Gasteiger charge is 2.44. The molecule has 32 heavy (non-hydrogen) atoms. The number of fused-ring (bicyclic) bond motifs is 1. The lowest BCUT2D eigenvalue weighted by molar-refractivity contribution is -0.124. The minimum atomic E-state index is -0.418. The lowest BCUT2D eigenvalue weighted by Crippen LogP contribution is -2.40. The van der Waals surface area contributed by atoms with Crippen LogP contribution in [0.1, 0.15) is 42.2 Å². The first-order valence-corrected chi connectivity index (χ1v) is 10.6. The van der Waals surface area contributed by atoms with Crippen molar-refractivity contribution in [3.8, 4) is 23.0 Å². The van der Waals surface area contributed by atoms with E-state index in [2.05, 4.69) is 4.99 Å². The maximum absolute atomic E-state index is 13.4. The number of carbonyl (C=O) groups excluding carboxylic acids is 2. The zero-order chi connectivity index (χ0) is 22.8. The van der Waals surface area contributed by atoms with E-state index in [9.17, 15) is 9.59 Å². The van der Waals surface area contributed by atoms with E-state index in [1.165, 1.54) is 0 Å². The molecule has 0 N–H and O–H groups in total. The van der Waals surface area contributed by atoms with E-state index in [0.29, 0.717) is 41.6 Å². The van der Waals surface area contributed by atoms with Gasteiger partial charge in [0.15, 0.2) is 11.5 Å². The summed E-state index contributed by atoms with van der Waals surface area (Å²) in [5.41, 5.74) is 2.41. The zero-order valence-corrected chi connectivity index (χ0v) is 18.7. The number of benzene rings is 2. The van der Waals surface area contributed by atoms with Crippen LogP contribution in [0.3, 0.4) is 0 Å². The number of rotatable bonds is 6. The average molecular weight is 437 g/mol. The first-order valence-electron chi connectivity index (χ1n) is 10.6. The largest absolute Gasteiger partial charge is 0.497 e. The van der Waals surface area contributed by atoms with E-state index < -0.39 is 5.92 Å². The number of methoxy groups -OCH3 is 4. The number of carbonyl (C=O) groups is 2. The standard InChI is InChI=1S/C25H27NO6/c1-29-16-6-8-21(30-2)17(12-16)15-9-19-25(20(27)10-15)18(13-24(28)26-19)14-5-7-22(31-3)23(11-14)32-4/h5-8,11-12,15,18,25H,9-10,13H2,1-4H3. The summed E-state index contributed by atoms with van der Waals surface area (Å²) in [5, 5.41) is 0. The molecule has 2 aliphatic rings. The Bertz CT molecular complexity index is 1080. The van der Waals surface area contributed by atoms with Gasteiger partial charge in [-0.05, 0) is 48.2 Å². The van der Waals surface area contributed by atoms with Crippen molar-refractivity contribution in [2.75, 3.05) is 28.4 Å². The molecule has 2 aromatic rings. The van der Waals surface area contributed by atoms with Gasteiger partial charge in [-0.3, -0.25) is 9.59 Å². The molecular formula is C25H27NO6. The van der Waals surface area contributed by atoms with Crippen LogP contribution in [0.5, 0.6) is 23.0 Å². The lowest BCUT2D eigenvalue weighted by atomic mass is 9.67. The topological polar surface area (TPSA) is 83.4 Å². The van der Waals surface area contributed by atoms with Gasteiger partial charge in [-0.2, -0.15) is 0 Å². The summed E-state index contributed by atoms with van der Waals surface area (Å²) in [5.74, 6) is 1.63. The van der Waals surface area contributed by atoms with Gasteiger partial charge in [0.1, 0.15) is 17.3 Å². The van der Waals surface area contributed by atoms with Crippen LogP contribution < -0.4 is 18.9 Å². The summed E-state index contributed by atoms with van der Waals surface area (Å²) in [6, 6.07) is 11.1. The highest BCUT2D eigenvalue weighted by Crippen LogP contribution is 2.45. The van der Waals surface area contributed by atoms with Crippen LogP contribution in [-0.4, -0.2) is 45.8 Å². The fourth-order valence-electron chi connectivity index (χ4n) is 4.86. The van der Waals surface area contributed by atoms with Crippen LogP contribution in [0.4, 0.5) is 0 Å². The fraction of sp³-hybridized carbons (Fsp3) is 0.400. The van der Waals surface area contributed by atoms with Crippen LogP contribution in [0, 0.1) is 5.92 Å². The minimum Gasteiger partial charge on any atom is -0.497 e. The summed E-state index contributed by atoms with van der Waals surface area (Å²) in [6.45, 7) is 0. The maximum Gasteiger partial charge on any atom is 0.246 e. The van der Waals surface area contributed by atoms with Crippen molar-refractivity contribution in [1.29, 1.82) is 0 Å². The molecule has 7 nitrogen and oxygen atoms in total. The number of amides is 1. The van der Waals surface area contributed by atoms with Crippen molar-refractivity contribution in [2.45, 2.75) is 31.1 Å². The van der Waals surface area contributed by atoms with Gasteiger partial charge in [0.25, 0.3) is 0 Å². The Morgan fingerprint density at radius 1 is 0.781 bits per heavy atom. The molecule has 3 atom stereocenters. The van der Waals surface area contributed by atoms with Crippen LogP contribution >= 0.6 is 0 Å². The third-order valence-electron chi connectivity index (χ3n) is 6.39. The molecule has 0 radical (unpaired) electrons. The van der Waals surface area contributed by atoms with Crippen molar-refractivity contribution >= 4 is 17.4 Å². The van der Waals surface area contributed by atoms with Gasteiger partial charge in [0.05, 0.1) is 34.4 Å². The van der Waals surface area contributed by atoms with Crippen molar-refractivity contribution in [3.63, 3.8) is 0 Å². The molecule has 1 fully saturated rings. The molecule has 0 spiro atoms. The molecular weight excluding hydrogens is 410 g/mol. The third kappa shape index (κ3) is 3.95. The van der Waals surface area contributed by atoms with E-state index in [4.69, 9.17) is 18.9 Å². The molecule has 0 saturated heterocycles. The number of nitrogens with zero attached hydrogens (tertiary/aromatic N) is 1. The van der Waals surface area contributed by atoms with Gasteiger partial charge in [-0.15, -0.1) is 0 Å². The molecule has 1 amide bonds. The second-order valence-electron chi connectivity index (χ2n) is 8.08. The van der Waals surface area contributed by atoms with Crippen LogP contribution in [-0.2, 0) is 9.59 Å². The van der Waals surface area contributed by atoms with E-state index in [0.717, 1.165) is 11.1 Å². The van der Waals surface area contributed by atoms with Gasteiger partial charge in [-0.1, -0.05) is 6.07 Å². The molecule has 1 aliphatic heterocycles. The highest BCUT2D eigenvalue weighted by atomic mass is 16.5. The predicted molar refractivity (Wildman–Crippen MR) is 119 cm³/mol. The third-order valence-corrected chi connectivity index (χ3v) is 6.39. The summed E-state index contributed by atoms with van der Waals surface area (Å²) in [7, 11) is 6.35. The molecule has 0 aromatic heterocycles. The van der Waals surface area contributed by atoms with Crippen LogP contribution in [0.25, 0.3) is 0 Å². The van der Waals surface area contributed by atoms with E-state index >= 15 is 0 Å². The maximum atomic E-state index is 13.4. The fourth-order valence-corrected chi connectivity index (χ4v) is 4.86. The minimum absolute atomic E-state index is 0.0807. The Morgan fingerprint density at radius 2 is 1.50 bits per heavy atom. The smallest absolute Gasteiger partial charge is 0.246 e. The van der Waals surface area contributed by atoms with Crippen molar-refractivity contribution in [1.82, 2.24) is 0 Å². The van der Waals surface area contributed by atoms with E-state index in [-0.39, 0.29) is 29.9 Å². The molecule has 7 heteroatoms. The number of hydrogen-bond donors (Lipinski definition) is 0. The first-order chi connectivity index (χ1) is 15.5. The van der Waals surface area contributed by atoms with Crippen molar-refractivity contribution < 1.29 is 28.5 Å². The lowest BCUT2D eigenvalue weighted by Gasteiger charge is -2.37. The quantitative estimate of drug-likeness (QED) is 0.681. The van der Waals surface area contributed by atoms with Gasteiger partial charge in [0, 0.05) is 30.0 Å². The average Bonchev–Trinajstić information content (AvgIpc) is 2.82. The summed E-state index contributed by atoms with van der Waals surface area (Å²) >= 11 is 0. The summed E-state index contributed by atoms with van der Waals surface area (Å²) < 4.78 is 21.6. The molecule has 1 heterocycles. The normalized spacial score (nSPS) is 22.6. The first kappa shape index (κ1) is 21.9. The predicted octanol–water partition coefficient (Wildman–Crippen LogP) is 3.94. The molecule has 1 saturated carbocycles. The van der Waals surface area contributed by atoms with Crippen molar-refractivity contribution in [3.05, 3.63) is 47.5 Å². The van der Waals surface area contributed by atoms with E-state index in [1.807, 2.05) is 30.3 Å². The highest BCUT2D eigenvalue weighted by molar-refractivity contribution is 6.14. The number of hydrogen-bond acceptors (Lipinski definition) is 6. The Morgan fingerprint density at radius 3 is 2.19 bits per heavy atom. The van der Waals surface area contributed by atoms with Crippen LogP contribution in [0.15, 0.2) is 41.4 Å². The molecule has 168 valence electrons.